The molecule has 2 heterocycles. The Bertz CT molecular complexity index is 605. The fraction of sp³-hybridized carbons (Fsp3) is 0.308. The Morgan fingerprint density at radius 3 is 2.80 bits per heavy atom. The highest BCUT2D eigenvalue weighted by Gasteiger charge is 2.18. The quantitative estimate of drug-likeness (QED) is 0.845. The van der Waals surface area contributed by atoms with Crippen molar-refractivity contribution < 1.29 is 9.18 Å². The van der Waals surface area contributed by atoms with Crippen LogP contribution in [0.15, 0.2) is 30.5 Å². The normalized spacial score (nSPS) is 14.8. The van der Waals surface area contributed by atoms with E-state index in [9.17, 15) is 9.18 Å². The van der Waals surface area contributed by atoms with Gasteiger partial charge in [0.2, 0.25) is 0 Å². The van der Waals surface area contributed by atoms with Gasteiger partial charge in [0, 0.05) is 25.6 Å². The molecule has 0 radical (unpaired) electrons. The highest BCUT2D eigenvalue weighted by molar-refractivity contribution is 5.91. The SMILES string of the molecule is O=C(NCC1CNC1)c1cnn(-c2ccc(F)cc2)n1. The lowest BCUT2D eigenvalue weighted by Crippen LogP contribution is -2.48. The van der Waals surface area contributed by atoms with Crippen LogP contribution in [0.2, 0.25) is 0 Å². The molecule has 104 valence electrons. The third-order valence-electron chi connectivity index (χ3n) is 3.20. The van der Waals surface area contributed by atoms with Crippen LogP contribution < -0.4 is 10.6 Å². The van der Waals surface area contributed by atoms with E-state index in [1.54, 1.807) is 12.1 Å². The molecule has 0 atom stereocenters. The molecule has 1 aliphatic rings. The van der Waals surface area contributed by atoms with E-state index in [2.05, 4.69) is 20.8 Å². The molecule has 6 nitrogen and oxygen atoms in total. The van der Waals surface area contributed by atoms with Crippen LogP contribution in [0, 0.1) is 11.7 Å². The van der Waals surface area contributed by atoms with Crippen molar-refractivity contribution in [3.05, 3.63) is 42.0 Å². The van der Waals surface area contributed by atoms with Gasteiger partial charge in [0.25, 0.3) is 5.91 Å². The molecular weight excluding hydrogens is 261 g/mol. The average Bonchev–Trinajstić information content (AvgIpc) is 2.87. The number of carbonyl (C=O) groups excluding carboxylic acids is 1. The third kappa shape index (κ3) is 2.67. The molecule has 0 spiro atoms. The number of halogens is 1. The summed E-state index contributed by atoms with van der Waals surface area (Å²) in [5, 5.41) is 14.1. The molecule has 1 saturated heterocycles. The predicted molar refractivity (Wildman–Crippen MR) is 70.0 cm³/mol. The molecule has 0 aliphatic carbocycles. The van der Waals surface area contributed by atoms with Crippen molar-refractivity contribution in [3.63, 3.8) is 0 Å². The molecule has 0 bridgehead atoms. The van der Waals surface area contributed by atoms with Crippen molar-refractivity contribution >= 4 is 5.91 Å². The highest BCUT2D eigenvalue weighted by Crippen LogP contribution is 2.07. The molecule has 2 aromatic rings. The second kappa shape index (κ2) is 5.38. The summed E-state index contributed by atoms with van der Waals surface area (Å²) in [5.74, 6) is -0.0793. The van der Waals surface area contributed by atoms with Gasteiger partial charge in [-0.05, 0) is 24.3 Å². The number of hydrogen-bond donors (Lipinski definition) is 2. The zero-order chi connectivity index (χ0) is 13.9. The topological polar surface area (TPSA) is 71.8 Å². The van der Waals surface area contributed by atoms with Gasteiger partial charge in [-0.3, -0.25) is 4.79 Å². The molecule has 1 aromatic heterocycles. The van der Waals surface area contributed by atoms with Crippen molar-refractivity contribution in [2.75, 3.05) is 19.6 Å². The molecule has 1 fully saturated rings. The Hall–Kier alpha value is -2.28. The average molecular weight is 275 g/mol. The molecule has 2 N–H and O–H groups in total. The molecular formula is C13H14FN5O. The fourth-order valence-corrected chi connectivity index (χ4v) is 1.89. The Morgan fingerprint density at radius 1 is 1.40 bits per heavy atom. The highest BCUT2D eigenvalue weighted by atomic mass is 19.1. The smallest absolute Gasteiger partial charge is 0.273 e. The minimum absolute atomic E-state index is 0.245. The van der Waals surface area contributed by atoms with Gasteiger partial charge in [-0.25, -0.2) is 4.39 Å². The first-order valence-corrected chi connectivity index (χ1v) is 6.39. The van der Waals surface area contributed by atoms with Gasteiger partial charge in [-0.1, -0.05) is 0 Å². The van der Waals surface area contributed by atoms with Crippen molar-refractivity contribution in [1.82, 2.24) is 25.6 Å². The van der Waals surface area contributed by atoms with E-state index in [1.807, 2.05) is 0 Å². The van der Waals surface area contributed by atoms with E-state index < -0.39 is 0 Å². The maximum Gasteiger partial charge on any atom is 0.273 e. The van der Waals surface area contributed by atoms with Crippen LogP contribution in [0.3, 0.4) is 0 Å². The Labute approximate surface area is 115 Å². The molecule has 0 unspecified atom stereocenters. The summed E-state index contributed by atoms with van der Waals surface area (Å²) in [6, 6.07) is 5.75. The Balaban J connectivity index is 1.66. The monoisotopic (exact) mass is 275 g/mol. The van der Waals surface area contributed by atoms with Crippen molar-refractivity contribution in [2.24, 2.45) is 5.92 Å². The molecule has 1 aliphatic heterocycles. The summed E-state index contributed by atoms with van der Waals surface area (Å²) in [6.45, 7) is 2.50. The summed E-state index contributed by atoms with van der Waals surface area (Å²) in [6.07, 6.45) is 1.40. The van der Waals surface area contributed by atoms with Gasteiger partial charge in [0.15, 0.2) is 5.69 Å². The first-order valence-electron chi connectivity index (χ1n) is 6.39. The lowest BCUT2D eigenvalue weighted by Gasteiger charge is -2.26. The molecule has 7 heteroatoms. The standard InChI is InChI=1S/C13H14FN5O/c14-10-1-3-11(4-2-10)19-17-8-12(18-19)13(20)16-7-9-5-15-6-9/h1-4,8-9,15H,5-7H2,(H,16,20). The minimum Gasteiger partial charge on any atom is -0.350 e. The first-order chi connectivity index (χ1) is 9.72. The van der Waals surface area contributed by atoms with Crippen LogP contribution in [0.25, 0.3) is 5.69 Å². The number of nitrogens with zero attached hydrogens (tertiary/aromatic N) is 3. The predicted octanol–water partition coefficient (Wildman–Crippen LogP) is 0.356. The zero-order valence-corrected chi connectivity index (χ0v) is 10.7. The van der Waals surface area contributed by atoms with E-state index in [4.69, 9.17) is 0 Å². The van der Waals surface area contributed by atoms with E-state index in [1.165, 1.54) is 23.1 Å². The summed E-state index contributed by atoms with van der Waals surface area (Å²) < 4.78 is 12.8. The van der Waals surface area contributed by atoms with Gasteiger partial charge in [-0.2, -0.15) is 9.90 Å². The maximum atomic E-state index is 12.8. The molecule has 20 heavy (non-hydrogen) atoms. The summed E-state index contributed by atoms with van der Waals surface area (Å²) in [5.41, 5.74) is 0.857. The van der Waals surface area contributed by atoms with E-state index >= 15 is 0 Å². The van der Waals surface area contributed by atoms with Gasteiger partial charge < -0.3 is 10.6 Å². The number of benzene rings is 1. The number of carbonyl (C=O) groups is 1. The largest absolute Gasteiger partial charge is 0.350 e. The maximum absolute atomic E-state index is 12.8. The van der Waals surface area contributed by atoms with E-state index in [-0.39, 0.29) is 17.4 Å². The molecule has 0 saturated carbocycles. The number of nitrogens with one attached hydrogen (secondary N) is 2. The Kier molecular flexibility index (Phi) is 3.42. The lowest BCUT2D eigenvalue weighted by molar-refractivity contribution is 0.0937. The number of amides is 1. The first kappa shape index (κ1) is 12.7. The van der Waals surface area contributed by atoms with Crippen LogP contribution in [0.1, 0.15) is 10.5 Å². The summed E-state index contributed by atoms with van der Waals surface area (Å²) in [7, 11) is 0. The van der Waals surface area contributed by atoms with Crippen molar-refractivity contribution in [1.29, 1.82) is 0 Å². The zero-order valence-electron chi connectivity index (χ0n) is 10.7. The number of aromatic nitrogens is 3. The van der Waals surface area contributed by atoms with Crippen molar-refractivity contribution in [2.45, 2.75) is 0 Å². The molecule has 3 rings (SSSR count). The molecule has 1 amide bonds. The number of hydrogen-bond acceptors (Lipinski definition) is 4. The van der Waals surface area contributed by atoms with Crippen LogP contribution in [-0.2, 0) is 0 Å². The van der Waals surface area contributed by atoms with Gasteiger partial charge in [-0.15, -0.1) is 5.10 Å². The van der Waals surface area contributed by atoms with Crippen LogP contribution in [-0.4, -0.2) is 40.5 Å². The van der Waals surface area contributed by atoms with E-state index in [0.29, 0.717) is 18.2 Å². The van der Waals surface area contributed by atoms with Gasteiger partial charge >= 0.3 is 0 Å². The summed E-state index contributed by atoms with van der Waals surface area (Å²) in [4.78, 5) is 13.2. The van der Waals surface area contributed by atoms with Crippen LogP contribution in [0.4, 0.5) is 4.39 Å². The van der Waals surface area contributed by atoms with Gasteiger partial charge in [0.05, 0.1) is 11.9 Å². The van der Waals surface area contributed by atoms with E-state index in [0.717, 1.165) is 13.1 Å². The van der Waals surface area contributed by atoms with Crippen LogP contribution >= 0.6 is 0 Å². The van der Waals surface area contributed by atoms with Crippen molar-refractivity contribution in [3.8, 4) is 5.69 Å². The molecule has 1 aromatic carbocycles. The van der Waals surface area contributed by atoms with Gasteiger partial charge in [0.1, 0.15) is 5.82 Å². The second-order valence-electron chi connectivity index (χ2n) is 4.73. The minimum atomic E-state index is -0.326. The second-order valence-corrected chi connectivity index (χ2v) is 4.73. The third-order valence-corrected chi connectivity index (χ3v) is 3.20. The Morgan fingerprint density at radius 2 is 2.15 bits per heavy atom. The summed E-state index contributed by atoms with van der Waals surface area (Å²) >= 11 is 0. The van der Waals surface area contributed by atoms with Crippen LogP contribution in [0.5, 0.6) is 0 Å². The lowest BCUT2D eigenvalue weighted by atomic mass is 10.0. The fourth-order valence-electron chi connectivity index (χ4n) is 1.89. The number of rotatable bonds is 4.